The number of carbonyl (C=O) groups is 1. The number of carbonyl (C=O) groups excluding carboxylic acids is 1. The molecule has 2 rings (SSSR count). The van der Waals surface area contributed by atoms with E-state index in [1.165, 1.54) is 22.6 Å². The van der Waals surface area contributed by atoms with Gasteiger partial charge < -0.3 is 11.1 Å². The molecule has 1 aliphatic heterocycles. The van der Waals surface area contributed by atoms with Gasteiger partial charge >= 0.3 is 0 Å². The highest BCUT2D eigenvalue weighted by Crippen LogP contribution is 2.24. The third-order valence-corrected chi connectivity index (χ3v) is 5.01. The molecule has 0 aromatic carbocycles. The highest BCUT2D eigenvalue weighted by atomic mass is 32.2. The second-order valence-electron chi connectivity index (χ2n) is 4.22. The first-order valence-electron chi connectivity index (χ1n) is 5.98. The maximum Gasteiger partial charge on any atom is 0.247 e. The van der Waals surface area contributed by atoms with Crippen molar-refractivity contribution in [2.24, 2.45) is 0 Å². The van der Waals surface area contributed by atoms with E-state index in [1.54, 1.807) is 6.92 Å². The van der Waals surface area contributed by atoms with Crippen molar-refractivity contribution in [3.63, 3.8) is 0 Å². The van der Waals surface area contributed by atoms with E-state index in [1.807, 2.05) is 0 Å². The molecule has 3 N–H and O–H groups in total. The van der Waals surface area contributed by atoms with Crippen LogP contribution in [0.4, 0.5) is 5.82 Å². The molecule has 0 spiro atoms. The molecule has 0 bridgehead atoms. The lowest BCUT2D eigenvalue weighted by Crippen LogP contribution is -2.56. The third kappa shape index (κ3) is 2.41. The zero-order valence-electron chi connectivity index (χ0n) is 10.5. The van der Waals surface area contributed by atoms with Crippen LogP contribution in [-0.4, -0.2) is 42.7 Å². The number of aromatic nitrogens is 1. The van der Waals surface area contributed by atoms with E-state index in [0.29, 0.717) is 13.0 Å². The molecule has 1 fully saturated rings. The molecule has 104 valence electrons. The van der Waals surface area contributed by atoms with Crippen LogP contribution in [0.15, 0.2) is 23.2 Å². The zero-order chi connectivity index (χ0) is 14.0. The van der Waals surface area contributed by atoms with Crippen LogP contribution in [0.5, 0.6) is 0 Å². The highest BCUT2D eigenvalue weighted by molar-refractivity contribution is 7.89. The molecule has 0 radical (unpaired) electrons. The summed E-state index contributed by atoms with van der Waals surface area (Å²) in [6, 6.07) is 2.21. The number of hydrogen-bond donors (Lipinski definition) is 2. The first-order chi connectivity index (χ1) is 8.98. The summed E-state index contributed by atoms with van der Waals surface area (Å²) in [5.41, 5.74) is 5.62. The van der Waals surface area contributed by atoms with E-state index in [9.17, 15) is 13.2 Å². The van der Waals surface area contributed by atoms with Gasteiger partial charge in [-0.15, -0.1) is 0 Å². The number of nitrogen functional groups attached to an aromatic ring is 1. The van der Waals surface area contributed by atoms with Crippen LogP contribution in [-0.2, 0) is 14.8 Å². The Balaban J connectivity index is 2.44. The Labute approximate surface area is 111 Å². The number of nitrogens with zero attached hydrogens (tertiary/aromatic N) is 2. The van der Waals surface area contributed by atoms with Gasteiger partial charge in [-0.1, -0.05) is 6.92 Å². The standard InChI is InChI=1S/C11H16N4O3S/c1-2-8-11(16)14-6-7-15(8)19(17,18)9-4-3-5-13-10(9)12/h3-5,8H,2,6-7H2,1H3,(H2,12,13)(H,14,16). The molecule has 7 nitrogen and oxygen atoms in total. The van der Waals surface area contributed by atoms with E-state index >= 15 is 0 Å². The van der Waals surface area contributed by atoms with E-state index < -0.39 is 16.1 Å². The minimum Gasteiger partial charge on any atom is -0.383 e. The van der Waals surface area contributed by atoms with Crippen molar-refractivity contribution in [1.29, 1.82) is 0 Å². The highest BCUT2D eigenvalue weighted by Gasteiger charge is 2.38. The molecule has 1 amide bonds. The zero-order valence-corrected chi connectivity index (χ0v) is 11.4. The number of amides is 1. The first kappa shape index (κ1) is 13.8. The van der Waals surface area contributed by atoms with Crippen molar-refractivity contribution >= 4 is 21.7 Å². The summed E-state index contributed by atoms with van der Waals surface area (Å²) >= 11 is 0. The lowest BCUT2D eigenvalue weighted by Gasteiger charge is -2.33. The molecular weight excluding hydrogens is 268 g/mol. The van der Waals surface area contributed by atoms with Crippen LogP contribution in [0.3, 0.4) is 0 Å². The largest absolute Gasteiger partial charge is 0.383 e. The molecule has 1 aromatic rings. The molecule has 1 saturated heterocycles. The Morgan fingerprint density at radius 3 is 2.95 bits per heavy atom. The fourth-order valence-corrected chi connectivity index (χ4v) is 3.85. The Morgan fingerprint density at radius 2 is 2.32 bits per heavy atom. The van der Waals surface area contributed by atoms with Crippen molar-refractivity contribution < 1.29 is 13.2 Å². The van der Waals surface area contributed by atoms with Crippen LogP contribution < -0.4 is 11.1 Å². The van der Waals surface area contributed by atoms with Gasteiger partial charge in [0.25, 0.3) is 0 Å². The number of hydrogen-bond acceptors (Lipinski definition) is 5. The van der Waals surface area contributed by atoms with Gasteiger partial charge in [0, 0.05) is 19.3 Å². The van der Waals surface area contributed by atoms with E-state index in [4.69, 9.17) is 5.73 Å². The first-order valence-corrected chi connectivity index (χ1v) is 7.42. The van der Waals surface area contributed by atoms with Crippen molar-refractivity contribution in [1.82, 2.24) is 14.6 Å². The minimum atomic E-state index is -3.80. The van der Waals surface area contributed by atoms with Crippen LogP contribution in [0.25, 0.3) is 0 Å². The van der Waals surface area contributed by atoms with Crippen molar-refractivity contribution in [2.75, 3.05) is 18.8 Å². The number of piperazine rings is 1. The van der Waals surface area contributed by atoms with Gasteiger partial charge in [0.1, 0.15) is 16.8 Å². The lowest BCUT2D eigenvalue weighted by atomic mass is 10.2. The third-order valence-electron chi connectivity index (χ3n) is 3.05. The topological polar surface area (TPSA) is 105 Å². The molecule has 2 heterocycles. The number of nitrogens with one attached hydrogen (secondary N) is 1. The molecular formula is C11H16N4O3S. The number of nitrogens with two attached hydrogens (primary N) is 1. The number of anilines is 1. The van der Waals surface area contributed by atoms with Gasteiger partial charge in [-0.3, -0.25) is 4.79 Å². The van der Waals surface area contributed by atoms with E-state index in [0.717, 1.165) is 0 Å². The predicted octanol–water partition coefficient (Wildman–Crippen LogP) is -0.437. The van der Waals surface area contributed by atoms with Gasteiger partial charge in [-0.25, -0.2) is 13.4 Å². The fraction of sp³-hybridized carbons (Fsp3) is 0.455. The minimum absolute atomic E-state index is 0.0525. The van der Waals surface area contributed by atoms with E-state index in [2.05, 4.69) is 10.3 Å². The van der Waals surface area contributed by atoms with Crippen LogP contribution in [0.1, 0.15) is 13.3 Å². The van der Waals surface area contributed by atoms with Gasteiger partial charge in [-0.2, -0.15) is 4.31 Å². The van der Waals surface area contributed by atoms with Gasteiger partial charge in [-0.05, 0) is 18.6 Å². The predicted molar refractivity (Wildman–Crippen MR) is 69.6 cm³/mol. The number of sulfonamides is 1. The molecule has 1 unspecified atom stereocenters. The summed E-state index contributed by atoms with van der Waals surface area (Å²) in [5, 5.41) is 2.66. The molecule has 0 aliphatic carbocycles. The van der Waals surface area contributed by atoms with Gasteiger partial charge in [0.2, 0.25) is 15.9 Å². The van der Waals surface area contributed by atoms with Crippen LogP contribution in [0, 0.1) is 0 Å². The molecule has 1 aromatic heterocycles. The van der Waals surface area contributed by atoms with Crippen molar-refractivity contribution in [3.05, 3.63) is 18.3 Å². The summed E-state index contributed by atoms with van der Waals surface area (Å²) in [6.45, 7) is 2.31. The Hall–Kier alpha value is -1.67. The molecule has 0 saturated carbocycles. The summed E-state index contributed by atoms with van der Waals surface area (Å²) in [5.74, 6) is -0.330. The fourth-order valence-electron chi connectivity index (χ4n) is 2.12. The average Bonchev–Trinajstić information content (AvgIpc) is 2.38. The quantitative estimate of drug-likeness (QED) is 0.783. The average molecular weight is 284 g/mol. The number of pyridine rings is 1. The van der Waals surface area contributed by atoms with Gasteiger partial charge in [0.15, 0.2) is 0 Å². The SMILES string of the molecule is CCC1C(=O)NCCN1S(=O)(=O)c1cccnc1N. The Bertz CT molecular complexity index is 587. The molecule has 19 heavy (non-hydrogen) atoms. The maximum absolute atomic E-state index is 12.5. The second kappa shape index (κ2) is 5.14. The summed E-state index contributed by atoms with van der Waals surface area (Å²) in [4.78, 5) is 15.5. The second-order valence-corrected chi connectivity index (χ2v) is 6.08. The van der Waals surface area contributed by atoms with Crippen LogP contribution in [0.2, 0.25) is 0 Å². The monoisotopic (exact) mass is 284 g/mol. The maximum atomic E-state index is 12.5. The molecule has 1 aliphatic rings. The van der Waals surface area contributed by atoms with E-state index in [-0.39, 0.29) is 23.2 Å². The van der Waals surface area contributed by atoms with Crippen LogP contribution >= 0.6 is 0 Å². The summed E-state index contributed by atoms with van der Waals surface area (Å²) < 4.78 is 26.3. The molecule has 1 atom stereocenters. The Morgan fingerprint density at radius 1 is 1.58 bits per heavy atom. The Kier molecular flexibility index (Phi) is 3.72. The van der Waals surface area contributed by atoms with Crippen molar-refractivity contribution in [3.8, 4) is 0 Å². The lowest BCUT2D eigenvalue weighted by molar-refractivity contribution is -0.126. The normalized spacial score (nSPS) is 21.1. The summed E-state index contributed by atoms with van der Waals surface area (Å²) in [6.07, 6.45) is 1.83. The molecule has 8 heteroatoms. The summed E-state index contributed by atoms with van der Waals surface area (Å²) in [7, 11) is -3.80. The van der Waals surface area contributed by atoms with Crippen molar-refractivity contribution in [2.45, 2.75) is 24.3 Å². The number of rotatable bonds is 3. The van der Waals surface area contributed by atoms with Gasteiger partial charge in [0.05, 0.1) is 0 Å². The smallest absolute Gasteiger partial charge is 0.247 e.